The lowest BCUT2D eigenvalue weighted by Gasteiger charge is -2.37. The summed E-state index contributed by atoms with van der Waals surface area (Å²) in [7, 11) is 0. The lowest BCUT2D eigenvalue weighted by Crippen LogP contribution is -2.54. The maximum absolute atomic E-state index is 12.9. The Kier molecular flexibility index (Phi) is 5.20. The zero-order valence-corrected chi connectivity index (χ0v) is 13.1. The third kappa shape index (κ3) is 4.66. The highest BCUT2D eigenvalue weighted by Gasteiger charge is 2.37. The largest absolute Gasteiger partial charge is 0.481 e. The molecule has 6 nitrogen and oxygen atoms in total. The molecule has 1 aliphatic heterocycles. The average Bonchev–Trinajstić information content (AvgIpc) is 2.48. The molecule has 0 bridgehead atoms. The Hall–Kier alpha value is -2.15. The van der Waals surface area contributed by atoms with Gasteiger partial charge < -0.3 is 19.5 Å². The van der Waals surface area contributed by atoms with Gasteiger partial charge in [-0.2, -0.15) is 0 Å². The number of hydrogen-bond acceptors (Lipinski definition) is 4. The van der Waals surface area contributed by atoms with Crippen LogP contribution in [0.2, 0.25) is 0 Å². The monoisotopic (exact) mass is 325 g/mol. The SMILES string of the molecule is CC(C)(Oc1ccc(F)cc1)C(=O)N1CCOC(CC(=O)O)C1. The number of ether oxygens (including phenoxy) is 2. The summed E-state index contributed by atoms with van der Waals surface area (Å²) in [4.78, 5) is 25.0. The minimum Gasteiger partial charge on any atom is -0.481 e. The fourth-order valence-electron chi connectivity index (χ4n) is 2.44. The van der Waals surface area contributed by atoms with Crippen molar-refractivity contribution >= 4 is 11.9 Å². The number of halogens is 1. The van der Waals surface area contributed by atoms with Gasteiger partial charge in [0.2, 0.25) is 0 Å². The Balaban J connectivity index is 2.02. The third-order valence-electron chi connectivity index (χ3n) is 3.53. The van der Waals surface area contributed by atoms with E-state index in [9.17, 15) is 14.0 Å². The van der Waals surface area contributed by atoms with Crippen LogP contribution in [0, 0.1) is 5.82 Å². The Morgan fingerprint density at radius 1 is 1.39 bits per heavy atom. The van der Waals surface area contributed by atoms with Gasteiger partial charge in [0.05, 0.1) is 19.1 Å². The molecular weight excluding hydrogens is 305 g/mol. The number of rotatable bonds is 5. The first-order valence-electron chi connectivity index (χ1n) is 7.35. The van der Waals surface area contributed by atoms with Crippen LogP contribution in [-0.2, 0) is 14.3 Å². The molecule has 1 N–H and O–H groups in total. The number of hydrogen-bond donors (Lipinski definition) is 1. The summed E-state index contributed by atoms with van der Waals surface area (Å²) in [6.07, 6.45) is -0.671. The molecule has 1 atom stereocenters. The molecule has 1 amide bonds. The number of benzene rings is 1. The Labute approximate surface area is 133 Å². The highest BCUT2D eigenvalue weighted by atomic mass is 19.1. The zero-order valence-electron chi connectivity index (χ0n) is 13.1. The summed E-state index contributed by atoms with van der Waals surface area (Å²) in [6, 6.07) is 5.43. The second-order valence-corrected chi connectivity index (χ2v) is 5.91. The number of nitrogens with zero attached hydrogens (tertiary/aromatic N) is 1. The number of morpholine rings is 1. The van der Waals surface area contributed by atoms with Crippen molar-refractivity contribution in [2.24, 2.45) is 0 Å². The van der Waals surface area contributed by atoms with Gasteiger partial charge in [-0.05, 0) is 38.1 Å². The van der Waals surface area contributed by atoms with Gasteiger partial charge in [-0.1, -0.05) is 0 Å². The number of carboxylic acids is 1. The van der Waals surface area contributed by atoms with Gasteiger partial charge in [-0.15, -0.1) is 0 Å². The van der Waals surface area contributed by atoms with E-state index in [1.807, 2.05) is 0 Å². The lowest BCUT2D eigenvalue weighted by molar-refractivity contribution is -0.156. The van der Waals surface area contributed by atoms with E-state index in [0.717, 1.165) is 0 Å². The molecule has 126 valence electrons. The molecule has 0 spiro atoms. The van der Waals surface area contributed by atoms with Crippen LogP contribution in [0.15, 0.2) is 24.3 Å². The van der Waals surface area contributed by atoms with Crippen LogP contribution in [0.3, 0.4) is 0 Å². The first-order valence-corrected chi connectivity index (χ1v) is 7.35. The van der Waals surface area contributed by atoms with Crippen LogP contribution in [0.1, 0.15) is 20.3 Å². The van der Waals surface area contributed by atoms with E-state index in [2.05, 4.69) is 0 Å². The van der Waals surface area contributed by atoms with E-state index < -0.39 is 17.7 Å². The van der Waals surface area contributed by atoms with Gasteiger partial charge >= 0.3 is 5.97 Å². The molecule has 1 heterocycles. The van der Waals surface area contributed by atoms with E-state index in [4.69, 9.17) is 14.6 Å². The quantitative estimate of drug-likeness (QED) is 0.891. The van der Waals surface area contributed by atoms with Crippen LogP contribution < -0.4 is 4.74 Å². The van der Waals surface area contributed by atoms with Crippen molar-refractivity contribution in [1.29, 1.82) is 0 Å². The molecule has 7 heteroatoms. The molecule has 2 rings (SSSR count). The molecule has 0 aromatic heterocycles. The van der Waals surface area contributed by atoms with E-state index in [1.54, 1.807) is 18.7 Å². The maximum atomic E-state index is 12.9. The number of carboxylic acid groups (broad SMARTS) is 1. The molecule has 1 aliphatic rings. The van der Waals surface area contributed by atoms with Gasteiger partial charge in [0.25, 0.3) is 5.91 Å². The summed E-state index contributed by atoms with van der Waals surface area (Å²) < 4.78 is 24.0. The summed E-state index contributed by atoms with van der Waals surface area (Å²) in [5.74, 6) is -1.22. The molecular formula is C16H20FNO5. The molecule has 1 aromatic carbocycles. The number of carbonyl (C=O) groups excluding carboxylic acids is 1. The minimum absolute atomic E-state index is 0.150. The standard InChI is InChI=1S/C16H20FNO5/c1-16(2,23-12-5-3-11(17)4-6-12)15(21)18-7-8-22-13(10-18)9-14(19)20/h3-6,13H,7-10H2,1-2H3,(H,19,20). The minimum atomic E-state index is -1.15. The predicted octanol–water partition coefficient (Wildman–Crippen LogP) is 1.69. The van der Waals surface area contributed by atoms with Gasteiger partial charge in [-0.3, -0.25) is 9.59 Å². The van der Waals surface area contributed by atoms with Gasteiger partial charge in [0.15, 0.2) is 5.60 Å². The fourth-order valence-corrected chi connectivity index (χ4v) is 2.44. The van der Waals surface area contributed by atoms with Crippen LogP contribution in [0.5, 0.6) is 5.75 Å². The van der Waals surface area contributed by atoms with Crippen molar-refractivity contribution in [2.45, 2.75) is 32.0 Å². The van der Waals surface area contributed by atoms with E-state index >= 15 is 0 Å². The van der Waals surface area contributed by atoms with Crippen molar-refractivity contribution in [2.75, 3.05) is 19.7 Å². The molecule has 0 aliphatic carbocycles. The molecule has 1 fully saturated rings. The van der Waals surface area contributed by atoms with Crippen molar-refractivity contribution in [1.82, 2.24) is 4.90 Å². The van der Waals surface area contributed by atoms with E-state index in [0.29, 0.717) is 12.3 Å². The average molecular weight is 325 g/mol. The molecule has 1 saturated heterocycles. The van der Waals surface area contributed by atoms with Crippen LogP contribution >= 0.6 is 0 Å². The molecule has 0 saturated carbocycles. The van der Waals surface area contributed by atoms with E-state index in [1.165, 1.54) is 24.3 Å². The van der Waals surface area contributed by atoms with E-state index in [-0.39, 0.29) is 31.3 Å². The first kappa shape index (κ1) is 17.2. The van der Waals surface area contributed by atoms with Crippen molar-refractivity contribution < 1.29 is 28.6 Å². The van der Waals surface area contributed by atoms with Crippen LogP contribution in [-0.4, -0.2) is 53.3 Å². The zero-order chi connectivity index (χ0) is 17.0. The third-order valence-corrected chi connectivity index (χ3v) is 3.53. The smallest absolute Gasteiger partial charge is 0.306 e. The normalized spacial score (nSPS) is 18.6. The summed E-state index contributed by atoms with van der Waals surface area (Å²) >= 11 is 0. The second kappa shape index (κ2) is 6.95. The van der Waals surface area contributed by atoms with Gasteiger partial charge in [-0.25, -0.2) is 4.39 Å². The van der Waals surface area contributed by atoms with Crippen LogP contribution in [0.4, 0.5) is 4.39 Å². The molecule has 1 aromatic rings. The number of amides is 1. The fraction of sp³-hybridized carbons (Fsp3) is 0.500. The second-order valence-electron chi connectivity index (χ2n) is 5.91. The van der Waals surface area contributed by atoms with Gasteiger partial charge in [0, 0.05) is 13.1 Å². The highest BCUT2D eigenvalue weighted by Crippen LogP contribution is 2.22. The van der Waals surface area contributed by atoms with Crippen molar-refractivity contribution in [3.05, 3.63) is 30.1 Å². The van der Waals surface area contributed by atoms with Crippen LogP contribution in [0.25, 0.3) is 0 Å². The summed E-state index contributed by atoms with van der Waals surface area (Å²) in [6.45, 7) is 4.13. The van der Waals surface area contributed by atoms with Crippen molar-refractivity contribution in [3.8, 4) is 5.75 Å². The first-order chi connectivity index (χ1) is 10.8. The lowest BCUT2D eigenvalue weighted by atomic mass is 10.1. The Morgan fingerprint density at radius 3 is 2.65 bits per heavy atom. The number of aliphatic carboxylic acids is 1. The molecule has 1 unspecified atom stereocenters. The molecule has 0 radical (unpaired) electrons. The summed E-state index contributed by atoms with van der Waals surface area (Å²) in [5.41, 5.74) is -1.15. The number of carbonyl (C=O) groups is 2. The summed E-state index contributed by atoms with van der Waals surface area (Å²) in [5, 5.41) is 8.83. The van der Waals surface area contributed by atoms with Crippen molar-refractivity contribution in [3.63, 3.8) is 0 Å². The Morgan fingerprint density at radius 2 is 2.04 bits per heavy atom. The van der Waals surface area contributed by atoms with Gasteiger partial charge in [0.1, 0.15) is 11.6 Å². The highest BCUT2D eigenvalue weighted by molar-refractivity contribution is 5.85. The predicted molar refractivity (Wildman–Crippen MR) is 79.7 cm³/mol. The maximum Gasteiger partial charge on any atom is 0.306 e. The topological polar surface area (TPSA) is 76.1 Å². The Bertz CT molecular complexity index is 572. The molecule has 23 heavy (non-hydrogen) atoms.